The largest absolute Gasteiger partial charge is 1.00 e. The fourth-order valence-corrected chi connectivity index (χ4v) is 11.0. The third-order valence-electron chi connectivity index (χ3n) is 14.0. The number of esters is 5. The molecule has 17 nitrogen and oxygen atoms in total. The number of hydrogen-bond acceptors (Lipinski definition) is 15. The van der Waals surface area contributed by atoms with E-state index in [0.29, 0.717) is 87.0 Å². The maximum absolute atomic E-state index is 11.8. The van der Waals surface area contributed by atoms with E-state index in [1.807, 2.05) is 65.8 Å². The van der Waals surface area contributed by atoms with Gasteiger partial charge < -0.3 is 55.7 Å². The van der Waals surface area contributed by atoms with Crippen LogP contribution in [0.3, 0.4) is 0 Å². The standard InChI is InChI=1S/C14H24O4.C14H18O4.C12H18O3.C10H10O4.C9H14O.2C2H6.2CH3.2Na.H2O.W.Y.H/c2*1-3-17-13(15)9-11-6-5-7-12(8-11)10-14(16)18-4-2;1-2-15-12(14)11-9-5-3-4-8(6-9)7-10(11)13;11-9(12)5-7-2-1-3-8(4-7)6-10(13)14;10-9-5-7-2-1-3-8(4-7)6-9;2*1-2;;;;;;;;/h11-12H,3-10H2,1-2H3;5-8H,3-4,9-10H2,1-2H3;8-9,11H,2-7H2,1H3;1-4H,5-6H2,(H,11,12)(H,13,14);7-8H,1-6H2;2*1-2H3;2*1H3;;;1H2;;;/q;;;;;;;2*-1;2*+1;;;;-1/p-1/t11-,12+;;;;;;;;;;;;;;. The molecule has 1 radical (unpaired) electrons. The molecular formula is C65H104Na2O17WY-2. The van der Waals surface area contributed by atoms with Crippen LogP contribution in [-0.2, 0) is 146 Å². The molecule has 0 aromatic heterocycles. The average molecular weight is 1480 g/mol. The van der Waals surface area contributed by atoms with Gasteiger partial charge in [0.2, 0.25) is 0 Å². The van der Waals surface area contributed by atoms with Gasteiger partial charge in [-0.3, -0.25) is 43.2 Å². The molecule has 5 aliphatic carbocycles. The Morgan fingerprint density at radius 1 is 0.488 bits per heavy atom. The van der Waals surface area contributed by atoms with Gasteiger partial charge in [0.05, 0.1) is 58.7 Å². The predicted molar refractivity (Wildman–Crippen MR) is 318 cm³/mol. The van der Waals surface area contributed by atoms with Crippen LogP contribution < -0.4 is 59.1 Å². The number of benzene rings is 2. The molecule has 2 aromatic carbocycles. The van der Waals surface area contributed by atoms with Gasteiger partial charge in [0, 0.05) is 85.9 Å². The molecule has 21 heteroatoms. The third kappa shape index (κ3) is 43.5. The van der Waals surface area contributed by atoms with Crippen molar-refractivity contribution in [1.82, 2.24) is 0 Å². The molecule has 479 valence electrons. The van der Waals surface area contributed by atoms with Crippen LogP contribution in [0.15, 0.2) is 48.5 Å². The number of Topliss-reactive ketones (excluding diaryl/α,β-unsaturated/α-hetero) is 2. The van der Waals surface area contributed by atoms with Gasteiger partial charge in [-0.05, 0) is 131 Å². The Bertz CT molecular complexity index is 2070. The molecule has 0 amide bonds. The minimum atomic E-state index is -0.919. The van der Waals surface area contributed by atoms with Crippen molar-refractivity contribution in [2.24, 2.45) is 41.4 Å². The van der Waals surface area contributed by atoms with Gasteiger partial charge >= 0.3 is 101 Å². The number of ether oxygens (including phenoxy) is 5. The van der Waals surface area contributed by atoms with E-state index < -0.39 is 17.9 Å². The van der Waals surface area contributed by atoms with Crippen LogP contribution in [0.5, 0.6) is 0 Å². The van der Waals surface area contributed by atoms with Crippen molar-refractivity contribution in [3.8, 4) is 0 Å². The molecule has 0 spiro atoms. The van der Waals surface area contributed by atoms with E-state index in [9.17, 15) is 43.2 Å². The van der Waals surface area contributed by atoms with E-state index in [-0.39, 0.29) is 202 Å². The molecule has 5 unspecified atom stereocenters. The summed E-state index contributed by atoms with van der Waals surface area (Å²) in [6.45, 7) is 19.0. The van der Waals surface area contributed by atoms with E-state index in [0.717, 1.165) is 80.8 Å². The topological polar surface area (TPSA) is 270 Å². The van der Waals surface area contributed by atoms with E-state index >= 15 is 0 Å². The monoisotopic (exact) mass is 1480 g/mol. The minimum absolute atomic E-state index is 0. The first-order valence-electron chi connectivity index (χ1n) is 29.4. The first-order chi connectivity index (χ1) is 37.9. The molecule has 2 aromatic rings. The Hall–Kier alpha value is -2.18. The fraction of sp³-hybridized carbons (Fsp3) is 0.646. The summed E-state index contributed by atoms with van der Waals surface area (Å²) in [5.41, 5.74) is 2.93. The van der Waals surface area contributed by atoms with Gasteiger partial charge in [-0.1, -0.05) is 115 Å². The van der Waals surface area contributed by atoms with Gasteiger partial charge in [-0.25, -0.2) is 0 Å². The minimum Gasteiger partial charge on any atom is -1.00 e. The van der Waals surface area contributed by atoms with Crippen LogP contribution >= 0.6 is 0 Å². The van der Waals surface area contributed by atoms with Crippen molar-refractivity contribution >= 4 is 53.4 Å². The van der Waals surface area contributed by atoms with E-state index in [1.54, 1.807) is 45.0 Å². The third-order valence-corrected chi connectivity index (χ3v) is 14.0. The van der Waals surface area contributed by atoms with Gasteiger partial charge in [-0.2, -0.15) is 0 Å². The van der Waals surface area contributed by atoms with Crippen molar-refractivity contribution in [2.75, 3.05) is 33.0 Å². The number of carbonyl (C=O) groups excluding carboxylic acids is 7. The van der Waals surface area contributed by atoms with Crippen molar-refractivity contribution in [1.29, 1.82) is 0 Å². The van der Waals surface area contributed by atoms with Crippen LogP contribution in [-0.4, -0.2) is 102 Å². The second-order valence-corrected chi connectivity index (χ2v) is 20.2. The summed E-state index contributed by atoms with van der Waals surface area (Å²) in [5, 5.41) is 17.0. The molecule has 4 bridgehead atoms. The summed E-state index contributed by atoms with van der Waals surface area (Å²) in [4.78, 5) is 101. The van der Waals surface area contributed by atoms with Crippen molar-refractivity contribution in [2.45, 2.75) is 197 Å². The van der Waals surface area contributed by atoms with Crippen LogP contribution in [0.4, 0.5) is 0 Å². The summed E-state index contributed by atoms with van der Waals surface area (Å²) >= 11 is 0. The number of aliphatic carboxylic acids is 2. The van der Waals surface area contributed by atoms with Crippen molar-refractivity contribution in [3.63, 3.8) is 0 Å². The summed E-state index contributed by atoms with van der Waals surface area (Å²) in [5.74, 6) is 0.454. The van der Waals surface area contributed by atoms with E-state index in [4.69, 9.17) is 33.9 Å². The molecule has 7 atom stereocenters. The number of carbonyl (C=O) groups is 9. The van der Waals surface area contributed by atoms with Crippen LogP contribution in [0.25, 0.3) is 0 Å². The molecule has 5 aliphatic rings. The molecule has 3 N–H and O–H groups in total. The average Bonchev–Trinajstić information content (AvgIpc) is 3.38. The van der Waals surface area contributed by atoms with Crippen LogP contribution in [0.2, 0.25) is 0 Å². The molecule has 0 heterocycles. The number of carboxylic acid groups (broad SMARTS) is 2. The summed E-state index contributed by atoms with van der Waals surface area (Å²) in [7, 11) is 0. The zero-order valence-electron chi connectivity index (χ0n) is 55.6. The molecule has 86 heavy (non-hydrogen) atoms. The zero-order valence-corrected chi connectivity index (χ0v) is 64.4. The maximum atomic E-state index is 11.8. The Labute approximate surface area is 601 Å². The zero-order chi connectivity index (χ0) is 59.1. The molecule has 0 saturated heterocycles. The summed E-state index contributed by atoms with van der Waals surface area (Å²) in [6.07, 6.45) is 17.6. The molecule has 0 aliphatic heterocycles. The number of rotatable bonds is 18. The van der Waals surface area contributed by atoms with Gasteiger partial charge in [0.25, 0.3) is 0 Å². The first kappa shape index (κ1) is 97.4. The predicted octanol–water partition coefficient (Wildman–Crippen LogP) is 6.53. The maximum Gasteiger partial charge on any atom is 1.00 e. The second kappa shape index (κ2) is 59.1. The SMILES string of the molecule is CC.CC.CCOC(=O)C1C(=O)CC2CCCC1C2.CCOC(=O)C[C@H]1CCC[C@@H](CC(=O)OCC)C1.CCOC(=O)Cc1cccc(CC(=O)OCC)c1.O=C(O)Cc1cccc(CC(=O)O)c1.O=C1CC2CCCC(C1)C2.[CH3-].[CH3-].[H-].[Na+].[Na+].[OH-].[W].[Y]. The Morgan fingerprint density at radius 3 is 1.20 bits per heavy atom. The quantitative estimate of drug-likeness (QED) is 0.0528. The number of fused-ring (bicyclic) bond motifs is 4. The van der Waals surface area contributed by atoms with Gasteiger partial charge in [-0.15, -0.1) is 0 Å². The Kier molecular flexibility index (Phi) is 67.0. The van der Waals surface area contributed by atoms with E-state index in [1.165, 1.54) is 32.1 Å². The van der Waals surface area contributed by atoms with Gasteiger partial charge in [0.1, 0.15) is 17.5 Å². The fourth-order valence-electron chi connectivity index (χ4n) is 11.0. The molecule has 5 saturated carbocycles. The Balaban J connectivity index is -0.000000145. The van der Waals surface area contributed by atoms with Gasteiger partial charge in [0.15, 0.2) is 0 Å². The van der Waals surface area contributed by atoms with Crippen LogP contribution in [0.1, 0.15) is 195 Å². The molecular weight excluding hydrogens is 1370 g/mol. The van der Waals surface area contributed by atoms with Crippen molar-refractivity contribution in [3.05, 3.63) is 85.6 Å². The summed E-state index contributed by atoms with van der Waals surface area (Å²) < 4.78 is 24.7. The normalized spacial score (nSPS) is 19.4. The van der Waals surface area contributed by atoms with E-state index in [2.05, 4.69) is 0 Å². The van der Waals surface area contributed by atoms with Crippen molar-refractivity contribution < 1.29 is 197 Å². The smallest absolute Gasteiger partial charge is 1.00 e. The second-order valence-electron chi connectivity index (χ2n) is 20.2. The summed E-state index contributed by atoms with van der Waals surface area (Å²) in [6, 6.07) is 13.9. The first-order valence-corrected chi connectivity index (χ1v) is 29.4. The van der Waals surface area contributed by atoms with Crippen LogP contribution in [0, 0.1) is 56.3 Å². The Morgan fingerprint density at radius 2 is 0.826 bits per heavy atom. The number of carboxylic acids is 2. The molecule has 5 fully saturated rings. The number of ketones is 2. The molecule has 7 rings (SSSR count). The number of hydrogen-bond donors (Lipinski definition) is 2.